The van der Waals surface area contributed by atoms with E-state index < -0.39 is 11.8 Å². The number of hydrogen-bond donors (Lipinski definition) is 0. The summed E-state index contributed by atoms with van der Waals surface area (Å²) in [4.78, 5) is 11.0. The summed E-state index contributed by atoms with van der Waals surface area (Å²) in [7, 11) is 1.29. The molecule has 3 nitrogen and oxygen atoms in total. The van der Waals surface area contributed by atoms with Gasteiger partial charge < -0.3 is 9.47 Å². The molecular weight excluding hydrogens is 259 g/mol. The maximum atomic E-state index is 13.7. The highest BCUT2D eigenvalue weighted by Gasteiger charge is 2.05. The topological polar surface area (TPSA) is 35.5 Å². The summed E-state index contributed by atoms with van der Waals surface area (Å²) in [6.07, 6.45) is 2.79. The molecule has 0 saturated carbocycles. The average Bonchev–Trinajstić information content (AvgIpc) is 2.48. The summed E-state index contributed by atoms with van der Waals surface area (Å²) < 4.78 is 23.6. The summed E-state index contributed by atoms with van der Waals surface area (Å²) in [5.41, 5.74) is 0.641. The summed E-state index contributed by atoms with van der Waals surface area (Å²) in [5, 5.41) is 0. The van der Waals surface area contributed by atoms with Crippen LogP contribution < -0.4 is 4.74 Å². The van der Waals surface area contributed by atoms with Crippen LogP contribution in [0.15, 0.2) is 54.6 Å². The number of benzene rings is 2. The molecule has 0 spiro atoms. The van der Waals surface area contributed by atoms with Crippen molar-refractivity contribution in [2.75, 3.05) is 7.11 Å². The highest BCUT2D eigenvalue weighted by molar-refractivity contribution is 5.86. The second kappa shape index (κ2) is 6.52. The quantitative estimate of drug-likeness (QED) is 0.627. The highest BCUT2D eigenvalue weighted by atomic mass is 19.1. The number of methoxy groups -OCH3 is 1. The van der Waals surface area contributed by atoms with Crippen molar-refractivity contribution in [3.05, 3.63) is 66.0 Å². The number of ether oxygens (including phenoxy) is 2. The zero-order valence-electron chi connectivity index (χ0n) is 10.9. The second-order valence-corrected chi connectivity index (χ2v) is 3.96. The van der Waals surface area contributed by atoms with Crippen molar-refractivity contribution >= 4 is 12.0 Å². The van der Waals surface area contributed by atoms with E-state index in [1.807, 2.05) is 6.07 Å². The maximum Gasteiger partial charge on any atom is 0.330 e. The van der Waals surface area contributed by atoms with Crippen LogP contribution in [0, 0.1) is 5.82 Å². The number of halogens is 1. The van der Waals surface area contributed by atoms with E-state index in [4.69, 9.17) is 4.74 Å². The van der Waals surface area contributed by atoms with Crippen LogP contribution in [0.2, 0.25) is 0 Å². The zero-order valence-corrected chi connectivity index (χ0v) is 10.9. The minimum Gasteiger partial charge on any atom is -0.466 e. The van der Waals surface area contributed by atoms with Gasteiger partial charge in [0.25, 0.3) is 0 Å². The maximum absolute atomic E-state index is 13.7. The minimum absolute atomic E-state index is 0.100. The van der Waals surface area contributed by atoms with Crippen LogP contribution in [-0.4, -0.2) is 13.1 Å². The first-order valence-electron chi connectivity index (χ1n) is 5.97. The van der Waals surface area contributed by atoms with Crippen molar-refractivity contribution in [2.45, 2.75) is 0 Å². The predicted octanol–water partition coefficient (Wildman–Crippen LogP) is 3.80. The largest absolute Gasteiger partial charge is 0.466 e. The monoisotopic (exact) mass is 272 g/mol. The number of para-hydroxylation sites is 1. The Morgan fingerprint density at radius 2 is 1.90 bits per heavy atom. The van der Waals surface area contributed by atoms with Gasteiger partial charge in [0.05, 0.1) is 7.11 Å². The lowest BCUT2D eigenvalue weighted by atomic mass is 10.2. The molecular formula is C16H13FO3. The van der Waals surface area contributed by atoms with Crippen LogP contribution in [-0.2, 0) is 9.53 Å². The van der Waals surface area contributed by atoms with Crippen molar-refractivity contribution in [2.24, 2.45) is 0 Å². The number of carbonyl (C=O) groups excluding carboxylic acids is 1. The third-order valence-electron chi connectivity index (χ3n) is 2.54. The third-order valence-corrected chi connectivity index (χ3v) is 2.54. The molecule has 0 atom stereocenters. The van der Waals surface area contributed by atoms with Gasteiger partial charge in [0, 0.05) is 6.08 Å². The first kappa shape index (κ1) is 13.8. The number of carbonyl (C=O) groups is 1. The molecule has 0 bridgehead atoms. The van der Waals surface area contributed by atoms with E-state index in [0.717, 1.165) is 0 Å². The molecule has 0 saturated heterocycles. The van der Waals surface area contributed by atoms with Crippen LogP contribution in [0.4, 0.5) is 4.39 Å². The van der Waals surface area contributed by atoms with Gasteiger partial charge in [-0.15, -0.1) is 0 Å². The zero-order chi connectivity index (χ0) is 14.4. The summed E-state index contributed by atoms with van der Waals surface area (Å²) >= 11 is 0. The Bertz CT molecular complexity index is 621. The summed E-state index contributed by atoms with van der Waals surface area (Å²) in [5.74, 6) is -0.298. The van der Waals surface area contributed by atoms with Gasteiger partial charge in [-0.05, 0) is 35.9 Å². The van der Waals surface area contributed by atoms with Crippen LogP contribution in [0.5, 0.6) is 11.5 Å². The van der Waals surface area contributed by atoms with Gasteiger partial charge in [0.1, 0.15) is 5.75 Å². The third kappa shape index (κ3) is 3.68. The molecule has 0 fully saturated rings. The van der Waals surface area contributed by atoms with E-state index in [0.29, 0.717) is 11.3 Å². The molecule has 0 heterocycles. The van der Waals surface area contributed by atoms with Crippen LogP contribution in [0.25, 0.3) is 6.08 Å². The van der Waals surface area contributed by atoms with Gasteiger partial charge in [-0.25, -0.2) is 9.18 Å². The molecule has 0 amide bonds. The van der Waals surface area contributed by atoms with Gasteiger partial charge >= 0.3 is 5.97 Å². The van der Waals surface area contributed by atoms with E-state index in [-0.39, 0.29) is 5.75 Å². The van der Waals surface area contributed by atoms with Crippen molar-refractivity contribution in [1.29, 1.82) is 0 Å². The Hall–Kier alpha value is -2.62. The molecule has 0 unspecified atom stereocenters. The Morgan fingerprint density at radius 3 is 2.60 bits per heavy atom. The summed E-state index contributed by atoms with van der Waals surface area (Å²) in [6.45, 7) is 0. The molecule has 2 aromatic rings. The highest BCUT2D eigenvalue weighted by Crippen LogP contribution is 2.25. The van der Waals surface area contributed by atoms with Crippen molar-refractivity contribution in [1.82, 2.24) is 0 Å². The first-order valence-corrected chi connectivity index (χ1v) is 5.97. The van der Waals surface area contributed by atoms with Gasteiger partial charge in [-0.2, -0.15) is 0 Å². The van der Waals surface area contributed by atoms with E-state index >= 15 is 0 Å². The Kier molecular flexibility index (Phi) is 4.50. The van der Waals surface area contributed by atoms with E-state index in [1.165, 1.54) is 31.4 Å². The first-order chi connectivity index (χ1) is 9.69. The molecule has 0 N–H and O–H groups in total. The van der Waals surface area contributed by atoms with Gasteiger partial charge in [0.2, 0.25) is 0 Å². The molecule has 4 heteroatoms. The molecule has 0 aliphatic rings. The van der Waals surface area contributed by atoms with Crippen molar-refractivity contribution in [3.8, 4) is 11.5 Å². The number of esters is 1. The van der Waals surface area contributed by atoms with E-state index in [1.54, 1.807) is 30.3 Å². The SMILES string of the molecule is COC(=O)C=Cc1ccc(F)c(Oc2ccccc2)c1. The minimum atomic E-state index is -0.472. The van der Waals surface area contributed by atoms with E-state index in [9.17, 15) is 9.18 Å². The summed E-state index contributed by atoms with van der Waals surface area (Å²) in [6, 6.07) is 13.3. The van der Waals surface area contributed by atoms with Crippen molar-refractivity contribution < 1.29 is 18.7 Å². The van der Waals surface area contributed by atoms with Gasteiger partial charge in [0.15, 0.2) is 11.6 Å². The molecule has 0 aliphatic carbocycles. The smallest absolute Gasteiger partial charge is 0.330 e. The Labute approximate surface area is 116 Å². The van der Waals surface area contributed by atoms with Crippen LogP contribution in [0.1, 0.15) is 5.56 Å². The van der Waals surface area contributed by atoms with Gasteiger partial charge in [-0.1, -0.05) is 24.3 Å². The molecule has 0 aliphatic heterocycles. The lowest BCUT2D eigenvalue weighted by Crippen LogP contribution is -1.93. The lowest BCUT2D eigenvalue weighted by molar-refractivity contribution is -0.134. The molecule has 0 radical (unpaired) electrons. The Balaban J connectivity index is 2.21. The molecule has 2 rings (SSSR count). The fraction of sp³-hybridized carbons (Fsp3) is 0.0625. The molecule has 2 aromatic carbocycles. The fourth-order valence-electron chi connectivity index (χ4n) is 1.55. The average molecular weight is 272 g/mol. The molecule has 102 valence electrons. The lowest BCUT2D eigenvalue weighted by Gasteiger charge is -2.07. The standard InChI is InChI=1S/C16H13FO3/c1-19-16(18)10-8-12-7-9-14(17)15(11-12)20-13-5-3-2-4-6-13/h2-11H,1H3. The Morgan fingerprint density at radius 1 is 1.15 bits per heavy atom. The number of rotatable bonds is 4. The second-order valence-electron chi connectivity index (χ2n) is 3.96. The van der Waals surface area contributed by atoms with E-state index in [2.05, 4.69) is 4.74 Å². The van der Waals surface area contributed by atoms with Crippen LogP contribution >= 0.6 is 0 Å². The van der Waals surface area contributed by atoms with Crippen molar-refractivity contribution in [3.63, 3.8) is 0 Å². The number of hydrogen-bond acceptors (Lipinski definition) is 3. The van der Waals surface area contributed by atoms with Gasteiger partial charge in [-0.3, -0.25) is 0 Å². The molecule has 20 heavy (non-hydrogen) atoms. The van der Waals surface area contributed by atoms with Crippen LogP contribution in [0.3, 0.4) is 0 Å². The normalized spacial score (nSPS) is 10.5. The fourth-order valence-corrected chi connectivity index (χ4v) is 1.55. The molecule has 0 aromatic heterocycles. The predicted molar refractivity (Wildman–Crippen MR) is 74.0 cm³/mol.